The highest BCUT2D eigenvalue weighted by atomic mass is 32.1. The van der Waals surface area contributed by atoms with Gasteiger partial charge in [0, 0.05) is 36.1 Å². The van der Waals surface area contributed by atoms with Crippen molar-refractivity contribution in [3.63, 3.8) is 0 Å². The average molecular weight is 434 g/mol. The van der Waals surface area contributed by atoms with Crippen molar-refractivity contribution >= 4 is 23.4 Å². The number of carbonyl (C=O) groups is 1. The Morgan fingerprint density at radius 2 is 1.97 bits per heavy atom. The number of thiophene rings is 1. The molecule has 0 aliphatic carbocycles. The second kappa shape index (κ2) is 8.57. The smallest absolute Gasteiger partial charge is 0.309 e. The molecule has 1 aromatic heterocycles. The van der Waals surface area contributed by atoms with Crippen molar-refractivity contribution in [1.82, 2.24) is 4.90 Å². The summed E-state index contributed by atoms with van der Waals surface area (Å²) >= 11 is 1.70. The number of carboxylic acid groups (broad SMARTS) is 1. The van der Waals surface area contributed by atoms with Crippen LogP contribution in [-0.4, -0.2) is 42.2 Å². The maximum absolute atomic E-state index is 10.9. The number of benzene rings is 2. The molecule has 0 unspecified atom stereocenters. The number of nitrogens with zero attached hydrogens (tertiary/aromatic N) is 1. The largest absolute Gasteiger partial charge is 0.488 e. The molecule has 1 fully saturated rings. The molecule has 158 valence electrons. The Morgan fingerprint density at radius 3 is 2.77 bits per heavy atom. The summed E-state index contributed by atoms with van der Waals surface area (Å²) < 4.78 is 12.0. The Labute approximate surface area is 185 Å². The topological polar surface area (TPSA) is 59.0 Å². The molecule has 1 N–H and O–H groups in total. The van der Waals surface area contributed by atoms with Crippen molar-refractivity contribution in [2.24, 2.45) is 5.92 Å². The number of hydrogen-bond donors (Lipinski definition) is 1. The summed E-state index contributed by atoms with van der Waals surface area (Å²) in [7, 11) is 0. The van der Waals surface area contributed by atoms with E-state index < -0.39 is 5.97 Å². The predicted molar refractivity (Wildman–Crippen MR) is 122 cm³/mol. The van der Waals surface area contributed by atoms with Crippen LogP contribution in [0.4, 0.5) is 0 Å². The van der Waals surface area contributed by atoms with Crippen LogP contribution in [0.5, 0.6) is 11.5 Å². The first-order valence-electron chi connectivity index (χ1n) is 10.3. The van der Waals surface area contributed by atoms with Gasteiger partial charge in [-0.05, 0) is 46.4 Å². The van der Waals surface area contributed by atoms with Gasteiger partial charge in [0.15, 0.2) is 0 Å². The highest BCUT2D eigenvalue weighted by Gasteiger charge is 2.32. The second-order valence-corrected chi connectivity index (χ2v) is 8.97. The highest BCUT2D eigenvalue weighted by Crippen LogP contribution is 2.32. The number of likely N-dealkylation sites (tertiary alicyclic amines) is 1. The number of hydrogen-bond acceptors (Lipinski definition) is 5. The molecule has 6 heteroatoms. The third-order valence-corrected chi connectivity index (χ3v) is 6.54. The first-order valence-corrected chi connectivity index (χ1v) is 11.2. The number of aliphatic carboxylic acids is 1. The van der Waals surface area contributed by atoms with Gasteiger partial charge in [0.05, 0.1) is 5.92 Å². The van der Waals surface area contributed by atoms with E-state index in [1.807, 2.05) is 36.4 Å². The summed E-state index contributed by atoms with van der Waals surface area (Å²) in [6.45, 7) is 3.03. The third kappa shape index (κ3) is 4.50. The second-order valence-electron chi connectivity index (χ2n) is 7.98. The van der Waals surface area contributed by atoms with Gasteiger partial charge in [-0.3, -0.25) is 9.69 Å². The van der Waals surface area contributed by atoms with Crippen molar-refractivity contribution in [2.75, 3.05) is 26.2 Å². The zero-order valence-corrected chi connectivity index (χ0v) is 17.8. The fourth-order valence-corrected chi connectivity index (χ4v) is 4.71. The summed E-state index contributed by atoms with van der Waals surface area (Å²) in [4.78, 5) is 14.3. The molecule has 0 spiro atoms. The summed E-state index contributed by atoms with van der Waals surface area (Å²) in [5.41, 5.74) is 4.63. The molecule has 3 aromatic rings. The Balaban J connectivity index is 1.18. The predicted octanol–water partition coefficient (Wildman–Crippen LogP) is 4.79. The van der Waals surface area contributed by atoms with Crippen molar-refractivity contribution in [3.05, 3.63) is 76.0 Å². The minimum atomic E-state index is -0.707. The zero-order chi connectivity index (χ0) is 21.2. The van der Waals surface area contributed by atoms with Crippen molar-refractivity contribution in [1.29, 1.82) is 0 Å². The van der Waals surface area contributed by atoms with Gasteiger partial charge >= 0.3 is 5.97 Å². The molecule has 2 aliphatic rings. The van der Waals surface area contributed by atoms with Gasteiger partial charge in [-0.25, -0.2) is 0 Å². The van der Waals surface area contributed by atoms with Crippen LogP contribution < -0.4 is 9.47 Å². The summed E-state index contributed by atoms with van der Waals surface area (Å²) in [5, 5.41) is 11.2. The van der Waals surface area contributed by atoms with Gasteiger partial charge in [0.2, 0.25) is 0 Å². The fourth-order valence-electron chi connectivity index (χ4n) is 3.91. The van der Waals surface area contributed by atoms with Gasteiger partial charge in [-0.2, -0.15) is 0 Å². The van der Waals surface area contributed by atoms with Crippen LogP contribution >= 0.6 is 11.3 Å². The van der Waals surface area contributed by atoms with Gasteiger partial charge in [-0.1, -0.05) is 30.3 Å². The van der Waals surface area contributed by atoms with E-state index in [0.29, 0.717) is 26.3 Å². The lowest BCUT2D eigenvalue weighted by Gasteiger charge is -2.37. The molecule has 0 atom stereocenters. The SMILES string of the molecule is O=C(O)C1CN(CC2=Cc3ccc(OCc4cc(-c5ccccc5)cs4)cc3OC2)C1. The molecule has 2 aliphatic heterocycles. The van der Waals surface area contributed by atoms with E-state index in [9.17, 15) is 4.79 Å². The van der Waals surface area contributed by atoms with Gasteiger partial charge < -0.3 is 14.6 Å². The zero-order valence-electron chi connectivity index (χ0n) is 17.0. The lowest BCUT2D eigenvalue weighted by Crippen LogP contribution is -2.51. The van der Waals surface area contributed by atoms with Crippen molar-refractivity contribution in [2.45, 2.75) is 6.61 Å². The van der Waals surface area contributed by atoms with Gasteiger partial charge in [0.25, 0.3) is 0 Å². The molecule has 0 bridgehead atoms. The summed E-state index contributed by atoms with van der Waals surface area (Å²) in [6, 6.07) is 18.5. The first-order chi connectivity index (χ1) is 15.1. The summed E-state index contributed by atoms with van der Waals surface area (Å²) in [6.07, 6.45) is 2.14. The average Bonchev–Trinajstić information content (AvgIpc) is 3.24. The lowest BCUT2D eigenvalue weighted by molar-refractivity contribution is -0.147. The molecule has 0 saturated carbocycles. The Morgan fingerprint density at radius 1 is 1.13 bits per heavy atom. The van der Waals surface area contributed by atoms with Crippen molar-refractivity contribution < 1.29 is 19.4 Å². The molecular formula is C25H23NO4S. The minimum Gasteiger partial charge on any atom is -0.488 e. The van der Waals surface area contributed by atoms with Crippen LogP contribution in [0.15, 0.2) is 65.6 Å². The fraction of sp³-hybridized carbons (Fsp3) is 0.240. The first kappa shape index (κ1) is 19.8. The van der Waals surface area contributed by atoms with E-state index in [4.69, 9.17) is 14.6 Å². The maximum atomic E-state index is 10.9. The maximum Gasteiger partial charge on any atom is 0.309 e. The number of ether oxygens (including phenoxy) is 2. The van der Waals surface area contributed by atoms with Crippen molar-refractivity contribution in [3.8, 4) is 22.6 Å². The van der Waals surface area contributed by atoms with E-state index in [-0.39, 0.29) is 5.92 Å². The van der Waals surface area contributed by atoms with Gasteiger partial charge in [-0.15, -0.1) is 11.3 Å². The molecule has 0 amide bonds. The number of fused-ring (bicyclic) bond motifs is 1. The van der Waals surface area contributed by atoms with Crippen LogP contribution in [0, 0.1) is 5.92 Å². The van der Waals surface area contributed by atoms with E-state index in [2.05, 4.69) is 34.6 Å². The molecule has 31 heavy (non-hydrogen) atoms. The van der Waals surface area contributed by atoms with Gasteiger partial charge in [0.1, 0.15) is 24.7 Å². The van der Waals surface area contributed by atoms with Crippen LogP contribution in [0.25, 0.3) is 17.2 Å². The van der Waals surface area contributed by atoms with Crippen LogP contribution in [0.3, 0.4) is 0 Å². The summed E-state index contributed by atoms with van der Waals surface area (Å²) in [5.74, 6) is 0.674. The Hall–Kier alpha value is -3.09. The number of carboxylic acids is 1. The van der Waals surface area contributed by atoms with Crippen LogP contribution in [0.2, 0.25) is 0 Å². The van der Waals surface area contributed by atoms with Crippen LogP contribution in [0.1, 0.15) is 10.4 Å². The minimum absolute atomic E-state index is 0.232. The Bertz CT molecular complexity index is 1120. The van der Waals surface area contributed by atoms with E-state index >= 15 is 0 Å². The molecule has 5 nitrogen and oxygen atoms in total. The number of rotatable bonds is 7. The molecular weight excluding hydrogens is 410 g/mol. The van der Waals surface area contributed by atoms with E-state index in [1.54, 1.807) is 11.3 Å². The monoisotopic (exact) mass is 433 g/mol. The highest BCUT2D eigenvalue weighted by molar-refractivity contribution is 7.10. The third-order valence-electron chi connectivity index (χ3n) is 5.63. The lowest BCUT2D eigenvalue weighted by atomic mass is 9.98. The molecule has 0 radical (unpaired) electrons. The quantitative estimate of drug-likeness (QED) is 0.581. The molecule has 1 saturated heterocycles. The van der Waals surface area contributed by atoms with E-state index in [1.165, 1.54) is 16.0 Å². The molecule has 5 rings (SSSR count). The standard InChI is InChI=1S/C25H23NO4S/c27-25(28)21-12-26(13-21)11-17-8-19-6-7-22(10-24(19)30-14-17)29-15-23-9-20(16-31-23)18-4-2-1-3-5-18/h1-10,16,21H,11-15H2,(H,27,28). The van der Waals surface area contributed by atoms with Crippen LogP contribution in [-0.2, 0) is 11.4 Å². The molecule has 3 heterocycles. The Kier molecular flexibility index (Phi) is 5.49. The molecule has 2 aromatic carbocycles. The van der Waals surface area contributed by atoms with E-state index in [0.717, 1.165) is 29.2 Å². The normalized spacial score (nSPS) is 16.1.